The Balaban J connectivity index is 1.71. The Morgan fingerprint density at radius 2 is 1.70 bits per heavy atom. The van der Waals surface area contributed by atoms with E-state index in [4.69, 9.17) is 0 Å². The van der Waals surface area contributed by atoms with Gasteiger partial charge in [0.25, 0.3) is 0 Å². The third-order valence-corrected chi connectivity index (χ3v) is 3.23. The van der Waals surface area contributed by atoms with Crippen LogP contribution >= 0.6 is 0 Å². The van der Waals surface area contributed by atoms with Gasteiger partial charge >= 0.3 is 6.03 Å². The first-order valence-corrected chi connectivity index (χ1v) is 7.40. The van der Waals surface area contributed by atoms with E-state index in [2.05, 4.69) is 20.9 Å². The molecule has 0 saturated carbocycles. The van der Waals surface area contributed by atoms with E-state index in [0.717, 1.165) is 11.1 Å². The summed E-state index contributed by atoms with van der Waals surface area (Å²) in [6, 6.07) is 12.3. The van der Waals surface area contributed by atoms with Crippen LogP contribution in [0.3, 0.4) is 0 Å². The highest BCUT2D eigenvalue weighted by Crippen LogP contribution is 1.98. The van der Waals surface area contributed by atoms with Gasteiger partial charge in [0.05, 0.1) is 0 Å². The minimum absolute atomic E-state index is 0.231. The number of aromatic nitrogens is 1. The monoisotopic (exact) mass is 312 g/mol. The number of urea groups is 1. The number of hydrogen-bond acceptors (Lipinski definition) is 3. The molecule has 1 atom stereocenters. The maximum absolute atomic E-state index is 12.0. The zero-order chi connectivity index (χ0) is 16.5. The Labute approximate surface area is 135 Å². The second-order valence-electron chi connectivity index (χ2n) is 5.11. The van der Waals surface area contributed by atoms with Crippen molar-refractivity contribution in [2.75, 3.05) is 0 Å². The molecule has 1 heterocycles. The number of nitrogens with one attached hydrogen (secondary N) is 3. The third-order valence-electron chi connectivity index (χ3n) is 3.23. The topological polar surface area (TPSA) is 83.1 Å². The molecule has 1 aromatic carbocycles. The summed E-state index contributed by atoms with van der Waals surface area (Å²) < 4.78 is 0. The van der Waals surface area contributed by atoms with E-state index in [1.807, 2.05) is 36.4 Å². The van der Waals surface area contributed by atoms with E-state index < -0.39 is 12.1 Å². The molecule has 120 valence electrons. The molecule has 3 amide bonds. The number of hydrogen-bond donors (Lipinski definition) is 3. The molecule has 23 heavy (non-hydrogen) atoms. The van der Waals surface area contributed by atoms with Crippen LogP contribution in [0, 0.1) is 0 Å². The summed E-state index contributed by atoms with van der Waals surface area (Å²) in [5.74, 6) is -0.231. The van der Waals surface area contributed by atoms with Crippen LogP contribution in [-0.2, 0) is 17.9 Å². The highest BCUT2D eigenvalue weighted by molar-refractivity contribution is 5.86. The van der Waals surface area contributed by atoms with Gasteiger partial charge in [-0.15, -0.1) is 0 Å². The fourth-order valence-corrected chi connectivity index (χ4v) is 1.94. The standard InChI is InChI=1S/C17H20N4O2/c1-13(16(22)19-11-14-6-3-2-4-7-14)21-17(23)20-12-15-8-5-9-18-10-15/h2-10,13H,11-12H2,1H3,(H,19,22)(H2,20,21,23). The maximum Gasteiger partial charge on any atom is 0.315 e. The Hall–Kier alpha value is -2.89. The number of rotatable bonds is 6. The van der Waals surface area contributed by atoms with Gasteiger partial charge in [-0.1, -0.05) is 36.4 Å². The molecule has 0 saturated heterocycles. The molecule has 0 aliphatic carbocycles. The van der Waals surface area contributed by atoms with Gasteiger partial charge in [0.1, 0.15) is 6.04 Å². The summed E-state index contributed by atoms with van der Waals surface area (Å²) in [6.45, 7) is 2.44. The van der Waals surface area contributed by atoms with Crippen molar-refractivity contribution in [3.05, 3.63) is 66.0 Å². The van der Waals surface area contributed by atoms with E-state index in [9.17, 15) is 9.59 Å². The van der Waals surface area contributed by atoms with E-state index in [1.165, 1.54) is 0 Å². The van der Waals surface area contributed by atoms with Gasteiger partial charge < -0.3 is 16.0 Å². The van der Waals surface area contributed by atoms with Crippen LogP contribution in [0.15, 0.2) is 54.9 Å². The maximum atomic E-state index is 12.0. The second-order valence-corrected chi connectivity index (χ2v) is 5.11. The number of pyridine rings is 1. The van der Waals surface area contributed by atoms with Crippen molar-refractivity contribution in [2.45, 2.75) is 26.1 Å². The van der Waals surface area contributed by atoms with Crippen molar-refractivity contribution in [2.24, 2.45) is 0 Å². The van der Waals surface area contributed by atoms with Gasteiger partial charge in [0.2, 0.25) is 5.91 Å². The van der Waals surface area contributed by atoms with Gasteiger partial charge in [-0.05, 0) is 24.1 Å². The predicted octanol–water partition coefficient (Wildman–Crippen LogP) is 1.59. The molecule has 0 aliphatic heterocycles. The highest BCUT2D eigenvalue weighted by atomic mass is 16.2. The summed E-state index contributed by atoms with van der Waals surface area (Å²) in [6.07, 6.45) is 3.35. The van der Waals surface area contributed by atoms with Gasteiger partial charge in [-0.3, -0.25) is 9.78 Å². The summed E-state index contributed by atoms with van der Waals surface area (Å²) in [4.78, 5) is 27.7. The summed E-state index contributed by atoms with van der Waals surface area (Å²) in [7, 11) is 0. The van der Waals surface area contributed by atoms with Crippen LogP contribution in [0.4, 0.5) is 4.79 Å². The van der Waals surface area contributed by atoms with Gasteiger partial charge in [0, 0.05) is 25.5 Å². The molecule has 2 rings (SSSR count). The van der Waals surface area contributed by atoms with Crippen molar-refractivity contribution in [3.8, 4) is 0 Å². The average Bonchev–Trinajstić information content (AvgIpc) is 2.59. The number of carbonyl (C=O) groups is 2. The van der Waals surface area contributed by atoms with Gasteiger partial charge in [0.15, 0.2) is 0 Å². The Morgan fingerprint density at radius 1 is 1.00 bits per heavy atom. The molecule has 0 fully saturated rings. The van der Waals surface area contributed by atoms with E-state index in [-0.39, 0.29) is 5.91 Å². The lowest BCUT2D eigenvalue weighted by Crippen LogP contribution is -2.48. The van der Waals surface area contributed by atoms with Crippen LogP contribution in [0.25, 0.3) is 0 Å². The minimum atomic E-state index is -0.618. The first-order valence-electron chi connectivity index (χ1n) is 7.40. The minimum Gasteiger partial charge on any atom is -0.350 e. The largest absolute Gasteiger partial charge is 0.350 e. The molecule has 0 radical (unpaired) electrons. The summed E-state index contributed by atoms with van der Waals surface area (Å²) in [5.41, 5.74) is 1.90. The summed E-state index contributed by atoms with van der Waals surface area (Å²) >= 11 is 0. The molecule has 6 nitrogen and oxygen atoms in total. The molecule has 0 aliphatic rings. The van der Waals surface area contributed by atoms with Crippen LogP contribution in [0.2, 0.25) is 0 Å². The fraction of sp³-hybridized carbons (Fsp3) is 0.235. The van der Waals surface area contributed by atoms with Crippen molar-refractivity contribution >= 4 is 11.9 Å². The lowest BCUT2D eigenvalue weighted by Gasteiger charge is -2.15. The first kappa shape index (κ1) is 16.5. The van der Waals surface area contributed by atoms with Crippen LogP contribution < -0.4 is 16.0 Å². The molecule has 3 N–H and O–H groups in total. The highest BCUT2D eigenvalue weighted by Gasteiger charge is 2.14. The summed E-state index contributed by atoms with van der Waals surface area (Å²) in [5, 5.41) is 8.08. The number of carbonyl (C=O) groups excluding carboxylic acids is 2. The zero-order valence-electron chi connectivity index (χ0n) is 13.0. The number of amides is 3. The first-order chi connectivity index (χ1) is 11.1. The molecule has 0 spiro atoms. The average molecular weight is 312 g/mol. The quantitative estimate of drug-likeness (QED) is 0.757. The smallest absolute Gasteiger partial charge is 0.315 e. The Morgan fingerprint density at radius 3 is 2.39 bits per heavy atom. The van der Waals surface area contributed by atoms with Crippen LogP contribution in [0.1, 0.15) is 18.1 Å². The molecule has 2 aromatic rings. The van der Waals surface area contributed by atoms with Crippen molar-refractivity contribution in [1.29, 1.82) is 0 Å². The normalized spacial score (nSPS) is 11.3. The van der Waals surface area contributed by atoms with Crippen molar-refractivity contribution in [1.82, 2.24) is 20.9 Å². The zero-order valence-corrected chi connectivity index (χ0v) is 13.0. The lowest BCUT2D eigenvalue weighted by molar-refractivity contribution is -0.122. The third kappa shape index (κ3) is 5.78. The Bertz CT molecular complexity index is 632. The van der Waals surface area contributed by atoms with Crippen molar-refractivity contribution < 1.29 is 9.59 Å². The van der Waals surface area contributed by atoms with Gasteiger partial charge in [-0.25, -0.2) is 4.79 Å². The molecule has 1 aromatic heterocycles. The molecule has 0 bridgehead atoms. The Kier molecular flexibility index (Phi) is 6.11. The van der Waals surface area contributed by atoms with Gasteiger partial charge in [-0.2, -0.15) is 0 Å². The molecule has 1 unspecified atom stereocenters. The van der Waals surface area contributed by atoms with Crippen LogP contribution in [-0.4, -0.2) is 23.0 Å². The van der Waals surface area contributed by atoms with E-state index in [1.54, 1.807) is 25.4 Å². The molecule has 6 heteroatoms. The number of nitrogens with zero attached hydrogens (tertiary/aromatic N) is 1. The number of benzene rings is 1. The molecular formula is C17H20N4O2. The van der Waals surface area contributed by atoms with E-state index >= 15 is 0 Å². The predicted molar refractivity (Wildman–Crippen MR) is 87.4 cm³/mol. The lowest BCUT2D eigenvalue weighted by atomic mass is 10.2. The van der Waals surface area contributed by atoms with Crippen LogP contribution in [0.5, 0.6) is 0 Å². The van der Waals surface area contributed by atoms with Crippen molar-refractivity contribution in [3.63, 3.8) is 0 Å². The van der Waals surface area contributed by atoms with E-state index in [0.29, 0.717) is 13.1 Å². The fourth-order valence-electron chi connectivity index (χ4n) is 1.94. The SMILES string of the molecule is CC(NC(=O)NCc1cccnc1)C(=O)NCc1ccccc1. The second kappa shape index (κ2) is 8.53. The molecular weight excluding hydrogens is 292 g/mol.